The minimum Gasteiger partial charge on any atom is -0.481 e. The van der Waals surface area contributed by atoms with Crippen LogP contribution in [0.25, 0.3) is 0 Å². The number of carboxylic acids is 1. The van der Waals surface area contributed by atoms with Crippen molar-refractivity contribution in [1.82, 2.24) is 5.16 Å². The van der Waals surface area contributed by atoms with Gasteiger partial charge in [0.15, 0.2) is 5.82 Å². The van der Waals surface area contributed by atoms with Crippen molar-refractivity contribution in [3.63, 3.8) is 0 Å². The maximum absolute atomic E-state index is 12.4. The predicted octanol–water partition coefficient (Wildman–Crippen LogP) is 1.83. The van der Waals surface area contributed by atoms with E-state index < -0.39 is 17.8 Å². The van der Waals surface area contributed by atoms with E-state index in [1.807, 2.05) is 12.2 Å². The summed E-state index contributed by atoms with van der Waals surface area (Å²) >= 11 is 0. The number of carbonyl (C=O) groups is 2. The number of anilines is 1. The Morgan fingerprint density at radius 3 is 2.45 bits per heavy atom. The van der Waals surface area contributed by atoms with E-state index in [1.165, 1.54) is 0 Å². The fourth-order valence-electron chi connectivity index (χ4n) is 3.32. The number of fused-ring (bicyclic) bond motifs is 2. The molecule has 1 saturated carbocycles. The largest absolute Gasteiger partial charge is 0.481 e. The van der Waals surface area contributed by atoms with Gasteiger partial charge in [0.1, 0.15) is 5.76 Å². The number of amides is 1. The Bertz CT molecular complexity index is 577. The lowest BCUT2D eigenvalue weighted by Gasteiger charge is -2.41. The van der Waals surface area contributed by atoms with Crippen LogP contribution in [0.4, 0.5) is 5.82 Å². The van der Waals surface area contributed by atoms with Crippen LogP contribution in [0.3, 0.4) is 0 Å². The number of hydrogen-bond donors (Lipinski definition) is 2. The summed E-state index contributed by atoms with van der Waals surface area (Å²) in [6.45, 7) is 1.73. The van der Waals surface area contributed by atoms with Gasteiger partial charge in [-0.15, -0.1) is 0 Å². The first kappa shape index (κ1) is 12.9. The fraction of sp³-hybridized carbons (Fsp3) is 0.500. The molecule has 1 amide bonds. The minimum absolute atomic E-state index is 0.00546. The number of allylic oxidation sites excluding steroid dienone is 2. The molecule has 4 unspecified atom stereocenters. The highest BCUT2D eigenvalue weighted by Crippen LogP contribution is 2.45. The second-order valence-electron chi connectivity index (χ2n) is 5.49. The lowest BCUT2D eigenvalue weighted by atomic mass is 9.62. The number of carbonyl (C=O) groups excluding carboxylic acids is 1. The van der Waals surface area contributed by atoms with Gasteiger partial charge in [-0.25, -0.2) is 0 Å². The summed E-state index contributed by atoms with van der Waals surface area (Å²) in [5.74, 6) is -1.49. The van der Waals surface area contributed by atoms with Crippen LogP contribution >= 0.6 is 0 Å². The van der Waals surface area contributed by atoms with Gasteiger partial charge < -0.3 is 14.9 Å². The van der Waals surface area contributed by atoms with E-state index in [0.29, 0.717) is 11.6 Å². The summed E-state index contributed by atoms with van der Waals surface area (Å²) in [5.41, 5.74) is 0. The zero-order valence-electron chi connectivity index (χ0n) is 11.1. The van der Waals surface area contributed by atoms with Gasteiger partial charge >= 0.3 is 5.97 Å². The molecule has 0 spiro atoms. The average Bonchev–Trinajstić information content (AvgIpc) is 2.84. The lowest BCUT2D eigenvalue weighted by molar-refractivity contribution is -0.151. The van der Waals surface area contributed by atoms with Crippen LogP contribution in [0.2, 0.25) is 0 Å². The molecule has 1 aromatic heterocycles. The maximum Gasteiger partial charge on any atom is 0.307 e. The predicted molar refractivity (Wildman–Crippen MR) is 69.8 cm³/mol. The molecule has 4 atom stereocenters. The van der Waals surface area contributed by atoms with Crippen LogP contribution in [0, 0.1) is 30.6 Å². The SMILES string of the molecule is Cc1cc(NC(=O)C2C3C=CC(CC3)C2C(=O)O)no1. The Kier molecular flexibility index (Phi) is 3.08. The Labute approximate surface area is 115 Å². The lowest BCUT2D eigenvalue weighted by Crippen LogP contribution is -2.47. The average molecular weight is 276 g/mol. The van der Waals surface area contributed by atoms with Crippen molar-refractivity contribution in [1.29, 1.82) is 0 Å². The van der Waals surface area contributed by atoms with E-state index in [9.17, 15) is 14.7 Å². The molecule has 1 heterocycles. The van der Waals surface area contributed by atoms with Crippen molar-refractivity contribution in [3.8, 4) is 0 Å². The van der Waals surface area contributed by atoms with Crippen molar-refractivity contribution in [2.24, 2.45) is 23.7 Å². The highest BCUT2D eigenvalue weighted by atomic mass is 16.5. The Balaban J connectivity index is 1.82. The number of rotatable bonds is 3. The number of aliphatic carboxylic acids is 1. The minimum atomic E-state index is -0.902. The molecule has 106 valence electrons. The van der Waals surface area contributed by atoms with Crippen LogP contribution in [-0.2, 0) is 9.59 Å². The van der Waals surface area contributed by atoms with Gasteiger partial charge in [-0.1, -0.05) is 17.3 Å². The standard InChI is InChI=1S/C14H16N2O4/c1-7-6-10(16-20-7)15-13(17)11-8-2-4-9(5-3-8)12(11)14(18)19/h2,4,6,8-9,11-12H,3,5H2,1H3,(H,18,19)(H,15,16,17). The Morgan fingerprint density at radius 2 is 1.95 bits per heavy atom. The topological polar surface area (TPSA) is 92.4 Å². The second-order valence-corrected chi connectivity index (χ2v) is 5.49. The van der Waals surface area contributed by atoms with Crippen LogP contribution in [-0.4, -0.2) is 22.1 Å². The summed E-state index contributed by atoms with van der Waals surface area (Å²) < 4.78 is 4.89. The van der Waals surface area contributed by atoms with Crippen molar-refractivity contribution in [2.45, 2.75) is 19.8 Å². The van der Waals surface area contributed by atoms with E-state index in [2.05, 4.69) is 10.5 Å². The number of hydrogen-bond acceptors (Lipinski definition) is 4. The van der Waals surface area contributed by atoms with Gasteiger partial charge in [0.25, 0.3) is 0 Å². The first-order valence-electron chi connectivity index (χ1n) is 6.71. The number of aromatic nitrogens is 1. The molecule has 3 aliphatic carbocycles. The molecule has 0 aromatic carbocycles. The molecule has 6 nitrogen and oxygen atoms in total. The summed E-state index contributed by atoms with van der Waals surface area (Å²) in [4.78, 5) is 23.9. The van der Waals surface area contributed by atoms with E-state index in [4.69, 9.17) is 4.52 Å². The van der Waals surface area contributed by atoms with Gasteiger partial charge in [-0.05, 0) is 31.6 Å². The molecule has 6 heteroatoms. The molecule has 0 saturated heterocycles. The summed E-state index contributed by atoms with van der Waals surface area (Å²) in [5, 5.41) is 15.8. The maximum atomic E-state index is 12.4. The van der Waals surface area contributed by atoms with Crippen LogP contribution < -0.4 is 5.32 Å². The number of aryl methyl sites for hydroxylation is 1. The molecule has 0 aliphatic heterocycles. The quantitative estimate of drug-likeness (QED) is 0.822. The summed E-state index contributed by atoms with van der Waals surface area (Å²) in [7, 11) is 0. The van der Waals surface area contributed by atoms with Crippen LogP contribution in [0.5, 0.6) is 0 Å². The molecule has 1 fully saturated rings. The van der Waals surface area contributed by atoms with E-state index in [-0.39, 0.29) is 17.7 Å². The molecule has 4 rings (SSSR count). The molecule has 2 N–H and O–H groups in total. The van der Waals surface area contributed by atoms with Crippen molar-refractivity contribution in [2.75, 3.05) is 5.32 Å². The molecule has 3 aliphatic rings. The zero-order chi connectivity index (χ0) is 14.3. The molecule has 1 aromatic rings. The highest BCUT2D eigenvalue weighted by Gasteiger charge is 2.48. The smallest absolute Gasteiger partial charge is 0.307 e. The first-order chi connectivity index (χ1) is 9.56. The van der Waals surface area contributed by atoms with Crippen molar-refractivity contribution in [3.05, 3.63) is 24.0 Å². The number of nitrogens with zero attached hydrogens (tertiary/aromatic N) is 1. The summed E-state index contributed by atoms with van der Waals surface area (Å²) in [6.07, 6.45) is 5.62. The molecule has 2 bridgehead atoms. The third kappa shape index (κ3) is 2.11. The number of nitrogens with one attached hydrogen (secondary N) is 1. The number of carboxylic acid groups (broad SMARTS) is 1. The highest BCUT2D eigenvalue weighted by molar-refractivity contribution is 5.95. The Morgan fingerprint density at radius 1 is 1.30 bits per heavy atom. The van der Waals surface area contributed by atoms with Gasteiger partial charge in [-0.3, -0.25) is 9.59 Å². The molecular weight excluding hydrogens is 260 g/mol. The molecule has 20 heavy (non-hydrogen) atoms. The van der Waals surface area contributed by atoms with Crippen LogP contribution in [0.1, 0.15) is 18.6 Å². The zero-order valence-corrected chi connectivity index (χ0v) is 11.1. The third-order valence-corrected chi connectivity index (χ3v) is 4.22. The fourth-order valence-corrected chi connectivity index (χ4v) is 3.32. The van der Waals surface area contributed by atoms with Crippen molar-refractivity contribution >= 4 is 17.7 Å². The monoisotopic (exact) mass is 276 g/mol. The Hall–Kier alpha value is -2.11. The van der Waals surface area contributed by atoms with Crippen molar-refractivity contribution < 1.29 is 19.2 Å². The molecule has 0 radical (unpaired) electrons. The van der Waals surface area contributed by atoms with Gasteiger partial charge in [0.05, 0.1) is 11.8 Å². The van der Waals surface area contributed by atoms with E-state index in [1.54, 1.807) is 13.0 Å². The van der Waals surface area contributed by atoms with E-state index in [0.717, 1.165) is 12.8 Å². The summed E-state index contributed by atoms with van der Waals surface area (Å²) in [6, 6.07) is 1.62. The van der Waals surface area contributed by atoms with E-state index >= 15 is 0 Å². The first-order valence-corrected chi connectivity index (χ1v) is 6.71. The van der Waals surface area contributed by atoms with Crippen LogP contribution in [0.15, 0.2) is 22.7 Å². The third-order valence-electron chi connectivity index (χ3n) is 4.22. The van der Waals surface area contributed by atoms with Gasteiger partial charge in [0.2, 0.25) is 5.91 Å². The second kappa shape index (κ2) is 4.77. The molecular formula is C14H16N2O4. The van der Waals surface area contributed by atoms with Gasteiger partial charge in [0, 0.05) is 6.07 Å². The normalized spacial score (nSPS) is 31.2. The van der Waals surface area contributed by atoms with Gasteiger partial charge in [-0.2, -0.15) is 0 Å².